The summed E-state index contributed by atoms with van der Waals surface area (Å²) in [5.74, 6) is 0.589. The zero-order chi connectivity index (χ0) is 9.02. The lowest BCUT2D eigenvalue weighted by Crippen LogP contribution is -2.43. The van der Waals surface area contributed by atoms with E-state index in [-0.39, 0.29) is 18.0 Å². The van der Waals surface area contributed by atoms with Gasteiger partial charge in [0.2, 0.25) is 5.91 Å². The molecule has 0 N–H and O–H groups in total. The monoisotopic (exact) mass is 177 g/mol. The fraction of sp³-hybridized carbons (Fsp3) is 0.875. The molecular weight excluding hydrogens is 162 g/mol. The van der Waals surface area contributed by atoms with E-state index < -0.39 is 0 Å². The van der Waals surface area contributed by atoms with Crippen LogP contribution in [0.3, 0.4) is 0 Å². The largest absolute Gasteiger partial charge is 0.337 e. The number of carbonyl (C=O) groups excluding carboxylic acids is 1. The lowest BCUT2D eigenvalue weighted by atomic mass is 10.2. The predicted octanol–water partition coefficient (Wildman–Crippen LogP) is 1.87. The zero-order valence-corrected chi connectivity index (χ0v) is 8.35. The maximum atomic E-state index is 11.1. The second-order valence-electron chi connectivity index (χ2n) is 3.02. The molecule has 0 aromatic carbocycles. The average molecular weight is 178 g/mol. The Morgan fingerprint density at radius 3 is 2.00 bits per heavy atom. The van der Waals surface area contributed by atoms with Crippen molar-refractivity contribution in [3.63, 3.8) is 0 Å². The summed E-state index contributed by atoms with van der Waals surface area (Å²) < 4.78 is 0. The maximum Gasteiger partial charge on any atom is 0.219 e. The molecule has 66 valence electrons. The van der Waals surface area contributed by atoms with Crippen LogP contribution in [0, 0.1) is 0 Å². The van der Waals surface area contributed by atoms with Crippen molar-refractivity contribution < 1.29 is 4.79 Å². The molecule has 0 rings (SSSR count). The van der Waals surface area contributed by atoms with Crippen molar-refractivity contribution in [2.45, 2.75) is 39.8 Å². The molecule has 0 aliphatic carbocycles. The van der Waals surface area contributed by atoms with Gasteiger partial charge in [-0.05, 0) is 20.8 Å². The smallest absolute Gasteiger partial charge is 0.219 e. The second-order valence-corrected chi connectivity index (χ2v) is 3.33. The number of amides is 1. The highest BCUT2D eigenvalue weighted by molar-refractivity contribution is 6.18. The number of alkyl halides is 1. The van der Waals surface area contributed by atoms with E-state index in [1.165, 1.54) is 0 Å². The standard InChI is InChI=1S/C8H16ClNO/c1-6(2)10(8(4)11)7(3)5-9/h6-7H,5H2,1-4H3. The molecular formula is C8H16ClNO. The van der Waals surface area contributed by atoms with Crippen molar-refractivity contribution in [1.29, 1.82) is 0 Å². The summed E-state index contributed by atoms with van der Waals surface area (Å²) in [5, 5.41) is 0. The molecule has 11 heavy (non-hydrogen) atoms. The Hall–Kier alpha value is -0.240. The van der Waals surface area contributed by atoms with Gasteiger partial charge in [-0.15, -0.1) is 11.6 Å². The molecule has 1 unspecified atom stereocenters. The summed E-state index contributed by atoms with van der Waals surface area (Å²) in [6, 6.07) is 0.371. The third-order valence-electron chi connectivity index (χ3n) is 1.62. The van der Waals surface area contributed by atoms with Gasteiger partial charge in [-0.25, -0.2) is 0 Å². The summed E-state index contributed by atoms with van der Waals surface area (Å²) in [5.41, 5.74) is 0. The number of hydrogen-bond donors (Lipinski definition) is 0. The molecule has 0 aromatic rings. The predicted molar refractivity (Wildman–Crippen MR) is 47.8 cm³/mol. The minimum atomic E-state index is 0.0909. The first kappa shape index (κ1) is 10.8. The van der Waals surface area contributed by atoms with Crippen LogP contribution in [0.15, 0.2) is 0 Å². The summed E-state index contributed by atoms with van der Waals surface area (Å²) in [7, 11) is 0. The van der Waals surface area contributed by atoms with E-state index in [1.807, 2.05) is 20.8 Å². The third-order valence-corrected chi connectivity index (χ3v) is 2.06. The first-order valence-corrected chi connectivity index (χ1v) is 4.39. The van der Waals surface area contributed by atoms with Crippen LogP contribution in [0.1, 0.15) is 27.7 Å². The van der Waals surface area contributed by atoms with E-state index >= 15 is 0 Å². The topological polar surface area (TPSA) is 20.3 Å². The van der Waals surface area contributed by atoms with E-state index in [0.29, 0.717) is 5.88 Å². The molecule has 3 heteroatoms. The highest BCUT2D eigenvalue weighted by Crippen LogP contribution is 2.06. The highest BCUT2D eigenvalue weighted by Gasteiger charge is 2.18. The third kappa shape index (κ3) is 3.10. The number of carbonyl (C=O) groups is 1. The molecule has 0 fully saturated rings. The molecule has 1 atom stereocenters. The average Bonchev–Trinajstić information content (AvgIpc) is 1.85. The summed E-state index contributed by atoms with van der Waals surface area (Å²) in [6.45, 7) is 7.51. The molecule has 0 aromatic heterocycles. The van der Waals surface area contributed by atoms with E-state index in [1.54, 1.807) is 11.8 Å². The first-order chi connectivity index (χ1) is 5.00. The quantitative estimate of drug-likeness (QED) is 0.603. The number of nitrogens with zero attached hydrogens (tertiary/aromatic N) is 1. The lowest BCUT2D eigenvalue weighted by molar-refractivity contribution is -0.132. The number of hydrogen-bond acceptors (Lipinski definition) is 1. The van der Waals surface area contributed by atoms with Gasteiger partial charge in [0.15, 0.2) is 0 Å². The fourth-order valence-corrected chi connectivity index (χ4v) is 1.41. The van der Waals surface area contributed by atoms with Crippen molar-refractivity contribution in [3.05, 3.63) is 0 Å². The van der Waals surface area contributed by atoms with Crippen molar-refractivity contribution in [2.24, 2.45) is 0 Å². The van der Waals surface area contributed by atoms with E-state index in [9.17, 15) is 4.79 Å². The van der Waals surface area contributed by atoms with E-state index in [0.717, 1.165) is 0 Å². The van der Waals surface area contributed by atoms with Crippen molar-refractivity contribution in [3.8, 4) is 0 Å². The Morgan fingerprint density at radius 2 is 1.91 bits per heavy atom. The van der Waals surface area contributed by atoms with Crippen LogP contribution in [0.5, 0.6) is 0 Å². The Kier molecular flexibility index (Phi) is 4.50. The van der Waals surface area contributed by atoms with Gasteiger partial charge in [0.05, 0.1) is 0 Å². The van der Waals surface area contributed by atoms with E-state index in [2.05, 4.69) is 0 Å². The van der Waals surface area contributed by atoms with Crippen LogP contribution in [0.2, 0.25) is 0 Å². The minimum Gasteiger partial charge on any atom is -0.337 e. The molecule has 0 bridgehead atoms. The van der Waals surface area contributed by atoms with Gasteiger partial charge in [-0.2, -0.15) is 0 Å². The summed E-state index contributed by atoms with van der Waals surface area (Å²) in [4.78, 5) is 12.8. The normalized spacial score (nSPS) is 13.3. The molecule has 0 saturated carbocycles. The molecule has 0 aliphatic heterocycles. The minimum absolute atomic E-state index is 0.0909. The fourth-order valence-electron chi connectivity index (χ4n) is 1.26. The van der Waals surface area contributed by atoms with Crippen LogP contribution in [-0.2, 0) is 4.79 Å². The molecule has 0 heterocycles. The summed E-state index contributed by atoms with van der Waals surface area (Å²) in [6.07, 6.45) is 0. The van der Waals surface area contributed by atoms with Gasteiger partial charge in [0.1, 0.15) is 0 Å². The van der Waals surface area contributed by atoms with Gasteiger partial charge in [-0.3, -0.25) is 4.79 Å². The molecule has 2 nitrogen and oxygen atoms in total. The van der Waals surface area contributed by atoms with Crippen molar-refractivity contribution in [1.82, 2.24) is 4.90 Å². The molecule has 0 radical (unpaired) electrons. The Labute approximate surface area is 73.5 Å². The molecule has 0 saturated heterocycles. The van der Waals surface area contributed by atoms with Crippen molar-refractivity contribution in [2.75, 3.05) is 5.88 Å². The molecule has 0 aliphatic rings. The Morgan fingerprint density at radius 1 is 1.45 bits per heavy atom. The second kappa shape index (κ2) is 4.60. The van der Waals surface area contributed by atoms with E-state index in [4.69, 9.17) is 11.6 Å². The van der Waals surface area contributed by atoms with Gasteiger partial charge in [0, 0.05) is 24.9 Å². The SMILES string of the molecule is CC(=O)N(C(C)C)C(C)CCl. The molecule has 1 amide bonds. The zero-order valence-electron chi connectivity index (χ0n) is 7.60. The van der Waals surface area contributed by atoms with Gasteiger partial charge >= 0.3 is 0 Å². The van der Waals surface area contributed by atoms with Crippen LogP contribution in [0.25, 0.3) is 0 Å². The van der Waals surface area contributed by atoms with Crippen molar-refractivity contribution >= 4 is 17.5 Å². The van der Waals surface area contributed by atoms with Crippen LogP contribution >= 0.6 is 11.6 Å². The Balaban J connectivity index is 4.21. The van der Waals surface area contributed by atoms with Gasteiger partial charge < -0.3 is 4.90 Å². The van der Waals surface area contributed by atoms with Crippen LogP contribution < -0.4 is 0 Å². The maximum absolute atomic E-state index is 11.1. The first-order valence-electron chi connectivity index (χ1n) is 3.85. The van der Waals surface area contributed by atoms with Gasteiger partial charge in [-0.1, -0.05) is 0 Å². The van der Waals surface area contributed by atoms with Crippen LogP contribution in [-0.4, -0.2) is 28.8 Å². The summed E-state index contributed by atoms with van der Waals surface area (Å²) >= 11 is 5.64. The number of halogens is 1. The number of rotatable bonds is 3. The van der Waals surface area contributed by atoms with Gasteiger partial charge in [0.25, 0.3) is 0 Å². The lowest BCUT2D eigenvalue weighted by Gasteiger charge is -2.30. The van der Waals surface area contributed by atoms with Crippen LogP contribution in [0.4, 0.5) is 0 Å². The molecule has 0 spiro atoms. The highest BCUT2D eigenvalue weighted by atomic mass is 35.5. The Bertz CT molecular complexity index is 136.